The summed E-state index contributed by atoms with van der Waals surface area (Å²) in [5.41, 5.74) is 5.94. The smallest absolute Gasteiger partial charge is 1.00 e. The molecular formula is C27H23Cl2HfNOSi. The Hall–Kier alpha value is -2.11. The van der Waals surface area contributed by atoms with E-state index in [1.54, 1.807) is 0 Å². The maximum atomic E-state index is 9.11. The van der Waals surface area contributed by atoms with Crippen LogP contribution in [-0.4, -0.2) is 15.4 Å². The number of benzene rings is 4. The van der Waals surface area contributed by atoms with Crippen LogP contribution in [0.25, 0.3) is 27.3 Å². The van der Waals surface area contributed by atoms with E-state index < -0.39 is 5.91 Å². The molecular weight excluding hydrogens is 632 g/mol. The predicted octanol–water partition coefficient (Wildman–Crippen LogP) is -0.356. The molecule has 0 atom stereocenters. The predicted molar refractivity (Wildman–Crippen MR) is 130 cm³/mol. The van der Waals surface area contributed by atoms with Crippen molar-refractivity contribution in [2.75, 3.05) is 0 Å². The van der Waals surface area contributed by atoms with Crippen LogP contribution >= 0.6 is 0 Å². The van der Waals surface area contributed by atoms with Gasteiger partial charge in [-0.3, -0.25) is 0 Å². The second-order valence-corrected chi connectivity index (χ2v) is 8.14. The second kappa shape index (κ2) is 16.5. The first-order valence-electron chi connectivity index (χ1n) is 9.76. The molecule has 1 amide bonds. The average molecular weight is 655 g/mol. The fourth-order valence-electron chi connectivity index (χ4n) is 3.11. The van der Waals surface area contributed by atoms with E-state index in [1.165, 1.54) is 38.8 Å². The van der Waals surface area contributed by atoms with Crippen molar-refractivity contribution in [3.8, 4) is 0 Å². The molecule has 0 aliphatic rings. The van der Waals surface area contributed by atoms with Gasteiger partial charge in [-0.2, -0.15) is 0 Å². The zero-order valence-electron chi connectivity index (χ0n) is 18.1. The molecule has 5 aromatic carbocycles. The first kappa shape index (κ1) is 30.9. The summed E-state index contributed by atoms with van der Waals surface area (Å²) in [5, 5.41) is 8.19. The third-order valence-electron chi connectivity index (χ3n) is 4.36. The summed E-state index contributed by atoms with van der Waals surface area (Å²) in [7, 11) is 0.777. The molecule has 1 N–H and O–H groups in total. The molecule has 0 aromatic heterocycles. The summed E-state index contributed by atoms with van der Waals surface area (Å²) >= 11 is 0. The van der Waals surface area contributed by atoms with Crippen molar-refractivity contribution in [3.05, 3.63) is 121 Å². The van der Waals surface area contributed by atoms with Gasteiger partial charge in [0.2, 0.25) is 0 Å². The zero-order valence-corrected chi connectivity index (χ0v) is 24.2. The number of carbonyl (C=O) groups is 1. The molecule has 164 valence electrons. The molecule has 5 aromatic rings. The van der Waals surface area contributed by atoms with E-state index >= 15 is 0 Å². The van der Waals surface area contributed by atoms with Crippen molar-refractivity contribution < 1.29 is 55.5 Å². The van der Waals surface area contributed by atoms with Crippen LogP contribution < -0.4 is 35.2 Å². The molecule has 0 saturated carbocycles. The van der Waals surface area contributed by atoms with Crippen molar-refractivity contribution >= 4 is 47.3 Å². The second-order valence-electron chi connectivity index (χ2n) is 6.73. The Morgan fingerprint density at radius 1 is 0.636 bits per heavy atom. The number of nitrogens with one attached hydrogen (secondary N) is 1. The number of rotatable bonds is 2. The first-order valence-corrected chi connectivity index (χ1v) is 10.8. The molecule has 0 spiro atoms. The molecule has 0 saturated heterocycles. The van der Waals surface area contributed by atoms with Crippen molar-refractivity contribution in [1.82, 2.24) is 0 Å². The summed E-state index contributed by atoms with van der Waals surface area (Å²) in [6.45, 7) is 1.19. The molecule has 0 aliphatic carbocycles. The molecule has 5 rings (SSSR count). The third-order valence-corrected chi connectivity index (χ3v) is 5.60. The SMILES string of the molecule is CC([NH-])=O.[Cl-].[Cl-].[Hf+4].c1ccc([Si]c2ccccc2)cc1.c1ccc2c(c1)[cH-]c1ccccc12. The van der Waals surface area contributed by atoms with E-state index in [9.17, 15) is 0 Å². The van der Waals surface area contributed by atoms with Crippen molar-refractivity contribution in [2.24, 2.45) is 0 Å². The molecule has 0 fully saturated rings. The Balaban J connectivity index is 0.000000497. The molecule has 2 nitrogen and oxygen atoms in total. The fraction of sp³-hybridized carbons (Fsp3) is 0.0370. The fourth-order valence-corrected chi connectivity index (χ4v) is 4.17. The molecule has 2 radical (unpaired) electrons. The van der Waals surface area contributed by atoms with Crippen molar-refractivity contribution in [2.45, 2.75) is 6.92 Å². The maximum absolute atomic E-state index is 9.11. The standard InChI is InChI=1S/C13H9.C12H10Si.C2H5NO.2ClH.Hf/c1-3-7-12-10(5-1)9-11-6-2-4-8-13(11)12;1-3-7-11(8-4-1)13-12-9-5-2-6-10-12;1-2(3)4;;;/h1-9H;1-10H;1H3,(H2,3,4);2*1H;/q-1;;;;;+4/p-3. The number of amides is 1. The van der Waals surface area contributed by atoms with Gasteiger partial charge in [0.05, 0.1) is 0 Å². The summed E-state index contributed by atoms with van der Waals surface area (Å²) in [6.07, 6.45) is 0. The Morgan fingerprint density at radius 2 is 0.939 bits per heavy atom. The van der Waals surface area contributed by atoms with Crippen LogP contribution in [0.2, 0.25) is 0 Å². The molecule has 6 heteroatoms. The minimum absolute atomic E-state index is 0. The van der Waals surface area contributed by atoms with Crippen LogP contribution in [-0.2, 0) is 30.6 Å². The van der Waals surface area contributed by atoms with Gasteiger partial charge in [0, 0.05) is 5.91 Å². The van der Waals surface area contributed by atoms with Crippen LogP contribution in [0.15, 0.2) is 115 Å². The van der Waals surface area contributed by atoms with Crippen LogP contribution in [0.1, 0.15) is 6.92 Å². The first-order chi connectivity index (χ1) is 14.6. The van der Waals surface area contributed by atoms with Crippen LogP contribution in [0.5, 0.6) is 0 Å². The van der Waals surface area contributed by atoms with Gasteiger partial charge in [0.1, 0.15) is 9.52 Å². The Morgan fingerprint density at radius 3 is 1.30 bits per heavy atom. The van der Waals surface area contributed by atoms with Gasteiger partial charge in [0.25, 0.3) is 0 Å². The van der Waals surface area contributed by atoms with Gasteiger partial charge in [-0.05, 0) is 6.92 Å². The van der Waals surface area contributed by atoms with Crippen molar-refractivity contribution in [1.29, 1.82) is 0 Å². The van der Waals surface area contributed by atoms with E-state index in [0.717, 1.165) is 9.52 Å². The Kier molecular flexibility index (Phi) is 15.4. The number of carbonyl (C=O) groups excluding carboxylic acids is 1. The van der Waals surface area contributed by atoms with Gasteiger partial charge >= 0.3 is 25.8 Å². The minimum atomic E-state index is -0.583. The molecule has 0 aliphatic heterocycles. The monoisotopic (exact) mass is 655 g/mol. The Bertz CT molecular complexity index is 1120. The van der Waals surface area contributed by atoms with Crippen molar-refractivity contribution in [3.63, 3.8) is 0 Å². The van der Waals surface area contributed by atoms with E-state index in [0.29, 0.717) is 0 Å². The van der Waals surface area contributed by atoms with Gasteiger partial charge in [-0.25, -0.2) is 0 Å². The number of fused-ring (bicyclic) bond motifs is 3. The van der Waals surface area contributed by atoms with Gasteiger partial charge in [0.15, 0.2) is 0 Å². The topological polar surface area (TPSA) is 40.9 Å². The summed E-state index contributed by atoms with van der Waals surface area (Å²) in [6, 6.07) is 40.4. The van der Waals surface area contributed by atoms with E-state index in [1.807, 2.05) is 0 Å². The van der Waals surface area contributed by atoms with E-state index in [-0.39, 0.29) is 50.7 Å². The normalized spacial score (nSPS) is 9.00. The van der Waals surface area contributed by atoms with E-state index in [2.05, 4.69) is 115 Å². The van der Waals surface area contributed by atoms with Crippen LogP contribution in [0, 0.1) is 0 Å². The Labute approximate surface area is 229 Å². The molecule has 0 bridgehead atoms. The third kappa shape index (κ3) is 10.1. The maximum Gasteiger partial charge on any atom is 4.00 e. The van der Waals surface area contributed by atoms with Crippen LogP contribution in [0.3, 0.4) is 0 Å². The quantitative estimate of drug-likeness (QED) is 0.190. The minimum Gasteiger partial charge on any atom is -1.00 e. The van der Waals surface area contributed by atoms with Gasteiger partial charge < -0.3 is 35.3 Å². The molecule has 0 heterocycles. The van der Waals surface area contributed by atoms with Crippen LogP contribution in [0.4, 0.5) is 0 Å². The summed E-state index contributed by atoms with van der Waals surface area (Å²) < 4.78 is 0. The van der Waals surface area contributed by atoms with Gasteiger partial charge in [-0.1, -0.05) is 107 Å². The number of halogens is 2. The molecule has 33 heavy (non-hydrogen) atoms. The van der Waals surface area contributed by atoms with Gasteiger partial charge in [-0.15, -0.1) is 39.7 Å². The number of hydrogen-bond acceptors (Lipinski definition) is 1. The number of hydrogen-bond donors (Lipinski definition) is 0. The largest absolute Gasteiger partial charge is 4.00 e. The zero-order chi connectivity index (χ0) is 21.2. The summed E-state index contributed by atoms with van der Waals surface area (Å²) in [5.74, 6) is -0.583. The molecule has 0 unspecified atom stereocenters. The summed E-state index contributed by atoms with van der Waals surface area (Å²) in [4.78, 5) is 9.11. The average Bonchev–Trinajstić information content (AvgIpc) is 3.14. The van der Waals surface area contributed by atoms with E-state index in [4.69, 9.17) is 10.5 Å².